The molecule has 4 heterocycles. The van der Waals surface area contributed by atoms with Gasteiger partial charge in [0.05, 0.1) is 36.7 Å². The van der Waals surface area contributed by atoms with E-state index in [1.54, 1.807) is 22.6 Å². The molecule has 0 radical (unpaired) electrons. The number of likely N-dealkylation sites (tertiary alicyclic amines) is 1. The second-order valence-electron chi connectivity index (χ2n) is 7.64. The Morgan fingerprint density at radius 3 is 2.76 bits per heavy atom. The van der Waals surface area contributed by atoms with Gasteiger partial charge in [0.1, 0.15) is 6.61 Å². The summed E-state index contributed by atoms with van der Waals surface area (Å²) in [7, 11) is 0. The number of alkyl halides is 3. The summed E-state index contributed by atoms with van der Waals surface area (Å²) in [4.78, 5) is 17.3. The molecular weight excluding hydrogens is 391 g/mol. The third-order valence-corrected chi connectivity index (χ3v) is 5.46. The van der Waals surface area contributed by atoms with Gasteiger partial charge in [0.2, 0.25) is 17.4 Å². The predicted molar refractivity (Wildman–Crippen MR) is 95.1 cm³/mol. The Balaban J connectivity index is 1.56. The monoisotopic (exact) mass is 413 g/mol. The lowest BCUT2D eigenvalue weighted by Gasteiger charge is -2.31. The van der Waals surface area contributed by atoms with Crippen molar-refractivity contribution in [3.8, 4) is 17.3 Å². The molecule has 1 amide bonds. The number of carbonyl (C=O) groups excluding carboxylic acids is 1. The van der Waals surface area contributed by atoms with E-state index < -0.39 is 23.6 Å². The van der Waals surface area contributed by atoms with Crippen molar-refractivity contribution in [3.05, 3.63) is 18.1 Å². The molecule has 2 atom stereocenters. The molecule has 158 valence electrons. The van der Waals surface area contributed by atoms with E-state index in [2.05, 4.69) is 10.1 Å². The number of rotatable bonds is 5. The molecule has 0 aromatic carbocycles. The van der Waals surface area contributed by atoms with Crippen molar-refractivity contribution in [2.45, 2.75) is 51.1 Å². The zero-order valence-corrected chi connectivity index (χ0v) is 16.1. The van der Waals surface area contributed by atoms with Crippen LogP contribution in [0.3, 0.4) is 0 Å². The maximum atomic E-state index is 13.3. The summed E-state index contributed by atoms with van der Waals surface area (Å²) in [5, 5.41) is 14.5. The zero-order chi connectivity index (χ0) is 21.0. The molecule has 2 aromatic rings. The molecule has 8 nitrogen and oxygen atoms in total. The molecule has 1 N–H and O–H groups in total. The SMILES string of the molecule is C[C@H]1Cn2nc(OCCN3CCCC3=O)cc2-c2cnc([C@@](C)(O)C(F)(F)F)n21. The van der Waals surface area contributed by atoms with Gasteiger partial charge in [-0.1, -0.05) is 0 Å². The van der Waals surface area contributed by atoms with Crippen LogP contribution in [0.4, 0.5) is 13.2 Å². The molecule has 2 aromatic heterocycles. The fourth-order valence-corrected chi connectivity index (χ4v) is 3.83. The molecular formula is C18H22F3N5O3. The summed E-state index contributed by atoms with van der Waals surface area (Å²) < 4.78 is 48.7. The molecule has 4 rings (SSSR count). The lowest BCUT2D eigenvalue weighted by molar-refractivity contribution is -0.262. The molecule has 2 aliphatic rings. The van der Waals surface area contributed by atoms with Crippen LogP contribution in [0.5, 0.6) is 5.88 Å². The molecule has 29 heavy (non-hydrogen) atoms. The maximum absolute atomic E-state index is 13.3. The van der Waals surface area contributed by atoms with E-state index in [1.165, 1.54) is 10.8 Å². The third-order valence-electron chi connectivity index (χ3n) is 5.46. The summed E-state index contributed by atoms with van der Waals surface area (Å²) in [6, 6.07) is 1.25. The van der Waals surface area contributed by atoms with Crippen molar-refractivity contribution >= 4 is 5.91 Å². The van der Waals surface area contributed by atoms with Crippen LogP contribution in [0.15, 0.2) is 12.3 Å². The minimum absolute atomic E-state index is 0.111. The molecule has 0 unspecified atom stereocenters. The highest BCUT2D eigenvalue weighted by Gasteiger charge is 2.55. The van der Waals surface area contributed by atoms with Crippen molar-refractivity contribution in [3.63, 3.8) is 0 Å². The van der Waals surface area contributed by atoms with Gasteiger partial charge in [-0.25, -0.2) is 4.98 Å². The number of hydrogen-bond donors (Lipinski definition) is 1. The van der Waals surface area contributed by atoms with Gasteiger partial charge < -0.3 is 19.3 Å². The Bertz CT molecular complexity index is 934. The van der Waals surface area contributed by atoms with E-state index >= 15 is 0 Å². The van der Waals surface area contributed by atoms with Gasteiger partial charge in [-0.05, 0) is 20.3 Å². The Morgan fingerprint density at radius 2 is 2.10 bits per heavy atom. The average Bonchev–Trinajstić information content (AvgIpc) is 3.32. The number of nitrogens with zero attached hydrogens (tertiary/aromatic N) is 5. The van der Waals surface area contributed by atoms with Gasteiger partial charge in [0.25, 0.3) is 0 Å². The van der Waals surface area contributed by atoms with E-state index in [4.69, 9.17) is 4.74 Å². The first-order valence-corrected chi connectivity index (χ1v) is 9.45. The maximum Gasteiger partial charge on any atom is 0.424 e. The largest absolute Gasteiger partial charge is 0.475 e. The summed E-state index contributed by atoms with van der Waals surface area (Å²) in [5.41, 5.74) is -2.07. The molecule has 1 fully saturated rings. The molecule has 11 heteroatoms. The number of aliphatic hydroxyl groups is 1. The first-order chi connectivity index (χ1) is 13.6. The summed E-state index contributed by atoms with van der Waals surface area (Å²) in [5.74, 6) is -0.00713. The second-order valence-corrected chi connectivity index (χ2v) is 7.64. The van der Waals surface area contributed by atoms with Crippen LogP contribution in [0.25, 0.3) is 11.4 Å². The lowest BCUT2D eigenvalue weighted by atomic mass is 10.0. The van der Waals surface area contributed by atoms with Crippen LogP contribution in [0.2, 0.25) is 0 Å². The van der Waals surface area contributed by atoms with Gasteiger partial charge in [-0.3, -0.25) is 9.48 Å². The fourth-order valence-electron chi connectivity index (χ4n) is 3.83. The topological polar surface area (TPSA) is 85.4 Å². The van der Waals surface area contributed by atoms with Crippen molar-refractivity contribution < 1.29 is 27.8 Å². The van der Waals surface area contributed by atoms with E-state index in [0.29, 0.717) is 43.7 Å². The van der Waals surface area contributed by atoms with E-state index in [-0.39, 0.29) is 12.5 Å². The first-order valence-electron chi connectivity index (χ1n) is 9.45. The number of amides is 1. The Labute approximate surface area is 164 Å². The normalized spacial score (nSPS) is 21.1. The summed E-state index contributed by atoms with van der Waals surface area (Å²) in [6.45, 7) is 4.23. The standard InChI is InChI=1S/C18H22F3N5O3/c1-11-10-25-12(8-14(23-25)29-7-6-24-5-3-4-15(24)27)13-9-22-16(26(11)13)17(2,28)18(19,20)21/h8-9,11,28H,3-7,10H2,1-2H3/t11-,17+/m0/s1. The smallest absolute Gasteiger partial charge is 0.424 e. The zero-order valence-electron chi connectivity index (χ0n) is 16.1. The highest BCUT2D eigenvalue weighted by molar-refractivity contribution is 5.78. The number of ether oxygens (including phenoxy) is 1. The van der Waals surface area contributed by atoms with Crippen LogP contribution >= 0.6 is 0 Å². The van der Waals surface area contributed by atoms with Crippen molar-refractivity contribution in [1.82, 2.24) is 24.2 Å². The van der Waals surface area contributed by atoms with Crippen molar-refractivity contribution in [2.24, 2.45) is 0 Å². The van der Waals surface area contributed by atoms with Gasteiger partial charge in [0, 0.05) is 19.0 Å². The number of fused-ring (bicyclic) bond motifs is 3. The van der Waals surface area contributed by atoms with Gasteiger partial charge in [0.15, 0.2) is 5.82 Å². The fraction of sp³-hybridized carbons (Fsp3) is 0.611. The number of aromatic nitrogens is 4. The highest BCUT2D eigenvalue weighted by Crippen LogP contribution is 2.42. The van der Waals surface area contributed by atoms with Crippen LogP contribution < -0.4 is 4.74 Å². The molecule has 0 saturated carbocycles. The van der Waals surface area contributed by atoms with Crippen LogP contribution in [0, 0.1) is 0 Å². The van der Waals surface area contributed by atoms with Gasteiger partial charge in [-0.2, -0.15) is 13.2 Å². The molecule has 0 aliphatic carbocycles. The van der Waals surface area contributed by atoms with Crippen LogP contribution in [-0.2, 0) is 16.9 Å². The Kier molecular flexibility index (Phi) is 4.60. The number of hydrogen-bond acceptors (Lipinski definition) is 5. The quantitative estimate of drug-likeness (QED) is 0.812. The van der Waals surface area contributed by atoms with Crippen molar-refractivity contribution in [2.75, 3.05) is 19.7 Å². The Morgan fingerprint density at radius 1 is 1.34 bits per heavy atom. The van der Waals surface area contributed by atoms with Gasteiger partial charge >= 0.3 is 6.18 Å². The minimum atomic E-state index is -4.85. The predicted octanol–water partition coefficient (Wildman–Crippen LogP) is 2.09. The van der Waals surface area contributed by atoms with Crippen molar-refractivity contribution in [1.29, 1.82) is 0 Å². The van der Waals surface area contributed by atoms with E-state index in [1.807, 2.05) is 0 Å². The number of carbonyl (C=O) groups is 1. The number of halogens is 3. The van der Waals surface area contributed by atoms with E-state index in [9.17, 15) is 23.1 Å². The lowest BCUT2D eigenvalue weighted by Crippen LogP contribution is -2.42. The molecule has 2 aliphatic heterocycles. The average molecular weight is 413 g/mol. The number of imidazole rings is 1. The van der Waals surface area contributed by atoms with E-state index in [0.717, 1.165) is 13.0 Å². The minimum Gasteiger partial charge on any atom is -0.475 e. The third kappa shape index (κ3) is 3.26. The second kappa shape index (κ2) is 6.75. The molecule has 0 spiro atoms. The van der Waals surface area contributed by atoms with Crippen LogP contribution in [0.1, 0.15) is 38.6 Å². The van der Waals surface area contributed by atoms with Gasteiger partial charge in [-0.15, -0.1) is 5.10 Å². The highest BCUT2D eigenvalue weighted by atomic mass is 19.4. The molecule has 0 bridgehead atoms. The molecule has 1 saturated heterocycles. The first kappa shape index (κ1) is 19.7. The Hall–Kier alpha value is -2.56. The summed E-state index contributed by atoms with van der Waals surface area (Å²) >= 11 is 0. The van der Waals surface area contributed by atoms with Crippen LogP contribution in [-0.4, -0.2) is 61.1 Å². The summed E-state index contributed by atoms with van der Waals surface area (Å²) in [6.07, 6.45) is -2.13.